The van der Waals surface area contributed by atoms with E-state index < -0.39 is 6.09 Å². The van der Waals surface area contributed by atoms with E-state index in [0.29, 0.717) is 5.82 Å². The van der Waals surface area contributed by atoms with Gasteiger partial charge in [0.15, 0.2) is 0 Å². The van der Waals surface area contributed by atoms with Crippen molar-refractivity contribution in [2.75, 3.05) is 6.54 Å². The highest BCUT2D eigenvalue weighted by Crippen LogP contribution is 2.15. The zero-order valence-corrected chi connectivity index (χ0v) is 11.0. The Kier molecular flexibility index (Phi) is 4.01. The van der Waals surface area contributed by atoms with Crippen molar-refractivity contribution in [1.82, 2.24) is 15.0 Å². The quantitative estimate of drug-likeness (QED) is 0.812. The normalized spacial score (nSPS) is 10.8. The van der Waals surface area contributed by atoms with Crippen molar-refractivity contribution in [3.63, 3.8) is 0 Å². The molecule has 2 aromatic rings. The van der Waals surface area contributed by atoms with Crippen LogP contribution in [0.4, 0.5) is 4.79 Å². The fraction of sp³-hybridized carbons (Fsp3) is 0.385. The number of amides is 1. The topological polar surface area (TPSA) is 78.4 Å². The van der Waals surface area contributed by atoms with Crippen LogP contribution in [0.1, 0.15) is 25.2 Å². The molecule has 0 aliphatic rings. The molecule has 19 heavy (non-hydrogen) atoms. The van der Waals surface area contributed by atoms with Crippen LogP contribution < -0.4 is 0 Å². The van der Waals surface area contributed by atoms with Crippen molar-refractivity contribution in [1.29, 1.82) is 0 Å². The Balaban J connectivity index is 2.11. The molecule has 2 N–H and O–H groups in total. The molecule has 0 spiro atoms. The van der Waals surface area contributed by atoms with Crippen molar-refractivity contribution in [3.8, 4) is 0 Å². The van der Waals surface area contributed by atoms with E-state index in [4.69, 9.17) is 9.94 Å². The predicted molar refractivity (Wildman–Crippen MR) is 70.7 cm³/mol. The van der Waals surface area contributed by atoms with E-state index in [1.807, 2.05) is 18.2 Å². The Labute approximate surface area is 111 Å². The number of aryl methyl sites for hydroxylation is 1. The molecular weight excluding hydrogens is 246 g/mol. The van der Waals surface area contributed by atoms with Crippen LogP contribution in [0, 0.1) is 0 Å². The lowest BCUT2D eigenvalue weighted by molar-refractivity contribution is -0.139. The fourth-order valence-corrected chi connectivity index (χ4v) is 1.82. The SMILES string of the molecule is CCc1ccc2nc(CON(CC)C(=O)O)[nH]c2c1. The Morgan fingerprint density at radius 3 is 2.89 bits per heavy atom. The highest BCUT2D eigenvalue weighted by molar-refractivity contribution is 5.75. The van der Waals surface area contributed by atoms with Gasteiger partial charge in [-0.1, -0.05) is 13.0 Å². The third-order valence-electron chi connectivity index (χ3n) is 2.86. The minimum Gasteiger partial charge on any atom is -0.463 e. The molecule has 6 heteroatoms. The molecule has 0 fully saturated rings. The average molecular weight is 263 g/mol. The van der Waals surface area contributed by atoms with E-state index in [1.165, 1.54) is 5.56 Å². The van der Waals surface area contributed by atoms with Gasteiger partial charge in [-0.25, -0.2) is 9.78 Å². The molecule has 0 unspecified atom stereocenters. The number of hydrogen-bond donors (Lipinski definition) is 2. The van der Waals surface area contributed by atoms with Gasteiger partial charge in [-0.2, -0.15) is 5.06 Å². The summed E-state index contributed by atoms with van der Waals surface area (Å²) in [5.41, 5.74) is 3.02. The summed E-state index contributed by atoms with van der Waals surface area (Å²) in [6, 6.07) is 6.02. The van der Waals surface area contributed by atoms with Gasteiger partial charge in [-0.05, 0) is 31.0 Å². The summed E-state index contributed by atoms with van der Waals surface area (Å²) < 4.78 is 0. The monoisotopic (exact) mass is 263 g/mol. The zero-order chi connectivity index (χ0) is 13.8. The summed E-state index contributed by atoms with van der Waals surface area (Å²) in [4.78, 5) is 23.4. The molecule has 1 aromatic heterocycles. The van der Waals surface area contributed by atoms with Gasteiger partial charge in [-0.3, -0.25) is 4.84 Å². The molecule has 0 atom stereocenters. The van der Waals surface area contributed by atoms with Crippen LogP contribution in [-0.4, -0.2) is 32.8 Å². The van der Waals surface area contributed by atoms with Crippen LogP contribution in [0.2, 0.25) is 0 Å². The maximum atomic E-state index is 10.8. The first-order valence-electron chi connectivity index (χ1n) is 6.25. The molecular formula is C13H17N3O3. The van der Waals surface area contributed by atoms with Crippen LogP contribution in [-0.2, 0) is 17.9 Å². The van der Waals surface area contributed by atoms with Crippen molar-refractivity contribution in [2.45, 2.75) is 26.9 Å². The summed E-state index contributed by atoms with van der Waals surface area (Å²) in [5, 5.41) is 9.71. The number of carboxylic acid groups (broad SMARTS) is 1. The van der Waals surface area contributed by atoms with E-state index in [9.17, 15) is 4.79 Å². The van der Waals surface area contributed by atoms with Gasteiger partial charge in [0.1, 0.15) is 12.4 Å². The summed E-state index contributed by atoms with van der Waals surface area (Å²) in [6.07, 6.45) is -0.143. The number of fused-ring (bicyclic) bond motifs is 1. The fourth-order valence-electron chi connectivity index (χ4n) is 1.82. The van der Waals surface area contributed by atoms with Gasteiger partial charge < -0.3 is 10.1 Å². The second kappa shape index (κ2) is 5.71. The number of hydroxylamine groups is 2. The molecule has 1 amide bonds. The largest absolute Gasteiger partial charge is 0.463 e. The van der Waals surface area contributed by atoms with Gasteiger partial charge in [0.2, 0.25) is 0 Å². The molecule has 0 bridgehead atoms. The van der Waals surface area contributed by atoms with E-state index in [2.05, 4.69) is 16.9 Å². The number of benzene rings is 1. The Bertz CT molecular complexity index is 580. The van der Waals surface area contributed by atoms with Gasteiger partial charge in [0.05, 0.1) is 11.0 Å². The van der Waals surface area contributed by atoms with E-state index in [0.717, 1.165) is 22.5 Å². The maximum Gasteiger partial charge on any atom is 0.431 e. The molecule has 102 valence electrons. The number of nitrogens with zero attached hydrogens (tertiary/aromatic N) is 2. The van der Waals surface area contributed by atoms with Crippen LogP contribution in [0.25, 0.3) is 11.0 Å². The standard InChI is InChI=1S/C13H17N3O3/c1-3-9-5-6-10-11(7-9)15-12(14-10)8-19-16(4-2)13(17)18/h5-7H,3-4,8H2,1-2H3,(H,14,15)(H,17,18). The summed E-state index contributed by atoms with van der Waals surface area (Å²) in [7, 11) is 0. The molecule has 0 radical (unpaired) electrons. The lowest BCUT2D eigenvalue weighted by Gasteiger charge is -2.14. The number of imidazole rings is 1. The minimum absolute atomic E-state index is 0.107. The first-order valence-corrected chi connectivity index (χ1v) is 6.25. The Morgan fingerprint density at radius 1 is 1.47 bits per heavy atom. The number of H-pyrrole nitrogens is 1. The molecule has 0 saturated carbocycles. The van der Waals surface area contributed by atoms with Crippen molar-refractivity contribution in [2.24, 2.45) is 0 Å². The summed E-state index contributed by atoms with van der Waals surface area (Å²) in [5.74, 6) is 0.614. The second-order valence-corrected chi connectivity index (χ2v) is 4.14. The van der Waals surface area contributed by atoms with Crippen LogP contribution >= 0.6 is 0 Å². The summed E-state index contributed by atoms with van der Waals surface area (Å²) in [6.45, 7) is 4.18. The molecule has 0 aliphatic carbocycles. The van der Waals surface area contributed by atoms with Crippen LogP contribution in [0.5, 0.6) is 0 Å². The van der Waals surface area contributed by atoms with Gasteiger partial charge in [-0.15, -0.1) is 0 Å². The number of aromatic nitrogens is 2. The lowest BCUT2D eigenvalue weighted by atomic mass is 10.1. The molecule has 0 aliphatic heterocycles. The average Bonchev–Trinajstić information content (AvgIpc) is 2.80. The molecule has 0 saturated heterocycles. The predicted octanol–water partition coefficient (Wildman–Crippen LogP) is 2.56. The minimum atomic E-state index is -1.10. The molecule has 6 nitrogen and oxygen atoms in total. The zero-order valence-electron chi connectivity index (χ0n) is 11.0. The van der Waals surface area contributed by atoms with Gasteiger partial charge in [0, 0.05) is 6.54 Å². The number of aromatic amines is 1. The highest BCUT2D eigenvalue weighted by Gasteiger charge is 2.11. The first-order chi connectivity index (χ1) is 9.13. The number of hydrogen-bond acceptors (Lipinski definition) is 3. The van der Waals surface area contributed by atoms with Crippen molar-refractivity contribution < 1.29 is 14.7 Å². The third kappa shape index (κ3) is 3.03. The van der Waals surface area contributed by atoms with Crippen molar-refractivity contribution >= 4 is 17.1 Å². The highest BCUT2D eigenvalue weighted by atomic mass is 16.7. The van der Waals surface area contributed by atoms with E-state index in [-0.39, 0.29) is 13.2 Å². The molecule has 1 heterocycles. The van der Waals surface area contributed by atoms with Gasteiger partial charge >= 0.3 is 6.09 Å². The van der Waals surface area contributed by atoms with Crippen molar-refractivity contribution in [3.05, 3.63) is 29.6 Å². The Hall–Kier alpha value is -2.08. The van der Waals surface area contributed by atoms with E-state index >= 15 is 0 Å². The first kappa shape index (κ1) is 13.4. The number of nitrogens with one attached hydrogen (secondary N) is 1. The molecule has 2 rings (SSSR count). The van der Waals surface area contributed by atoms with Crippen LogP contribution in [0.3, 0.4) is 0 Å². The van der Waals surface area contributed by atoms with Crippen LogP contribution in [0.15, 0.2) is 18.2 Å². The Morgan fingerprint density at radius 2 is 2.26 bits per heavy atom. The molecule has 1 aromatic carbocycles. The van der Waals surface area contributed by atoms with Gasteiger partial charge in [0.25, 0.3) is 0 Å². The second-order valence-electron chi connectivity index (χ2n) is 4.14. The lowest BCUT2D eigenvalue weighted by Crippen LogP contribution is -2.29. The number of carbonyl (C=O) groups is 1. The summed E-state index contributed by atoms with van der Waals surface area (Å²) >= 11 is 0. The third-order valence-corrected chi connectivity index (χ3v) is 2.86. The number of rotatable bonds is 5. The maximum absolute atomic E-state index is 10.8. The van der Waals surface area contributed by atoms with E-state index in [1.54, 1.807) is 6.92 Å². The smallest absolute Gasteiger partial charge is 0.431 e.